The van der Waals surface area contributed by atoms with Gasteiger partial charge in [-0.3, -0.25) is 0 Å². The summed E-state index contributed by atoms with van der Waals surface area (Å²) in [6, 6.07) is 13.8. The molecule has 0 spiro atoms. The van der Waals surface area contributed by atoms with Crippen LogP contribution in [0.2, 0.25) is 0 Å². The Hall–Kier alpha value is -2.30. The fourth-order valence-electron chi connectivity index (χ4n) is 2.77. The maximum atomic E-state index is 10.1. The molecule has 4 nitrogen and oxygen atoms in total. The maximum Gasteiger partial charge on any atom is 0.115 e. The second kappa shape index (κ2) is 6.86. The molecule has 3 atom stereocenters. The molecular formula is C19H20O4. The Morgan fingerprint density at radius 1 is 0.870 bits per heavy atom. The van der Waals surface area contributed by atoms with Crippen LogP contribution in [-0.4, -0.2) is 27.5 Å². The number of aromatic hydroxyl groups is 2. The highest BCUT2D eigenvalue weighted by molar-refractivity contribution is 5.51. The van der Waals surface area contributed by atoms with Gasteiger partial charge in [0.15, 0.2) is 0 Å². The molecular weight excluding hydrogens is 292 g/mol. The van der Waals surface area contributed by atoms with Crippen LogP contribution in [0.1, 0.15) is 30.1 Å². The van der Waals surface area contributed by atoms with Gasteiger partial charge in [-0.25, -0.2) is 0 Å². The minimum absolute atomic E-state index is 0.175. The van der Waals surface area contributed by atoms with Gasteiger partial charge >= 0.3 is 0 Å². The average Bonchev–Trinajstić information content (AvgIpc) is 2.54. The van der Waals surface area contributed by atoms with Crippen LogP contribution < -0.4 is 0 Å². The van der Waals surface area contributed by atoms with E-state index in [9.17, 15) is 15.3 Å². The molecule has 1 saturated heterocycles. The van der Waals surface area contributed by atoms with E-state index in [4.69, 9.17) is 4.74 Å². The molecule has 2 aromatic carbocycles. The van der Waals surface area contributed by atoms with Crippen LogP contribution in [0.3, 0.4) is 0 Å². The third kappa shape index (κ3) is 4.12. The molecule has 2 aromatic rings. The molecule has 0 radical (unpaired) electrons. The first kappa shape index (κ1) is 15.6. The van der Waals surface area contributed by atoms with Crippen molar-refractivity contribution in [3.05, 3.63) is 65.7 Å². The van der Waals surface area contributed by atoms with Crippen molar-refractivity contribution in [3.63, 3.8) is 0 Å². The van der Waals surface area contributed by atoms with Crippen molar-refractivity contribution >= 4 is 6.08 Å². The number of benzene rings is 2. The fraction of sp³-hybridized carbons (Fsp3) is 0.263. The molecule has 0 unspecified atom stereocenters. The van der Waals surface area contributed by atoms with Gasteiger partial charge in [0.05, 0.1) is 18.3 Å². The molecule has 4 heteroatoms. The topological polar surface area (TPSA) is 69.9 Å². The molecule has 1 heterocycles. The molecule has 1 aliphatic heterocycles. The molecule has 0 aliphatic carbocycles. The van der Waals surface area contributed by atoms with Gasteiger partial charge in [-0.1, -0.05) is 36.4 Å². The Bertz CT molecular complexity index is 661. The van der Waals surface area contributed by atoms with E-state index in [-0.39, 0.29) is 23.7 Å². The van der Waals surface area contributed by atoms with Crippen LogP contribution >= 0.6 is 0 Å². The van der Waals surface area contributed by atoms with Crippen LogP contribution in [-0.2, 0) is 4.74 Å². The summed E-state index contributed by atoms with van der Waals surface area (Å²) in [6.07, 6.45) is 4.19. The van der Waals surface area contributed by atoms with Crippen LogP contribution in [0.15, 0.2) is 54.6 Å². The van der Waals surface area contributed by atoms with Crippen LogP contribution in [0.5, 0.6) is 11.5 Å². The number of ether oxygens (including phenoxy) is 1. The molecule has 0 bridgehead atoms. The van der Waals surface area contributed by atoms with Crippen molar-refractivity contribution in [1.29, 1.82) is 0 Å². The molecule has 3 rings (SSSR count). The van der Waals surface area contributed by atoms with Gasteiger partial charge in [-0.2, -0.15) is 0 Å². The summed E-state index contributed by atoms with van der Waals surface area (Å²) in [5.74, 6) is 0.452. The summed E-state index contributed by atoms with van der Waals surface area (Å²) in [4.78, 5) is 0. The highest BCUT2D eigenvalue weighted by Gasteiger charge is 2.27. The Morgan fingerprint density at radius 3 is 2.13 bits per heavy atom. The van der Waals surface area contributed by atoms with Crippen LogP contribution in [0, 0.1) is 0 Å². The lowest BCUT2D eigenvalue weighted by Gasteiger charge is -2.32. The van der Waals surface area contributed by atoms with E-state index >= 15 is 0 Å². The summed E-state index contributed by atoms with van der Waals surface area (Å²) in [5.41, 5.74) is 1.91. The fourth-order valence-corrected chi connectivity index (χ4v) is 2.77. The Kier molecular flexibility index (Phi) is 4.65. The molecule has 1 fully saturated rings. The summed E-state index contributed by atoms with van der Waals surface area (Å²) in [7, 11) is 0. The number of phenolic OH excluding ortho intramolecular Hbond substituents is 2. The van der Waals surface area contributed by atoms with Crippen LogP contribution in [0.4, 0.5) is 0 Å². The summed E-state index contributed by atoms with van der Waals surface area (Å²) < 4.78 is 6.05. The van der Waals surface area contributed by atoms with E-state index < -0.39 is 6.10 Å². The van der Waals surface area contributed by atoms with Gasteiger partial charge in [0.1, 0.15) is 11.5 Å². The van der Waals surface area contributed by atoms with E-state index in [1.807, 2.05) is 36.4 Å². The number of rotatable bonds is 3. The predicted octanol–water partition coefficient (Wildman–Crippen LogP) is 3.39. The SMILES string of the molecule is Oc1ccc(C=C[C@@H]2C[C@@H](O)C[C@H](c3ccc(O)cc3)O2)cc1. The zero-order valence-electron chi connectivity index (χ0n) is 12.7. The smallest absolute Gasteiger partial charge is 0.115 e. The third-order valence-corrected chi connectivity index (χ3v) is 3.99. The summed E-state index contributed by atoms with van der Waals surface area (Å²) in [6.45, 7) is 0. The van der Waals surface area contributed by atoms with Crippen molar-refractivity contribution in [2.45, 2.75) is 31.2 Å². The van der Waals surface area contributed by atoms with Crippen LogP contribution in [0.25, 0.3) is 6.08 Å². The number of hydrogen-bond donors (Lipinski definition) is 3. The lowest BCUT2D eigenvalue weighted by molar-refractivity contribution is -0.0774. The predicted molar refractivity (Wildman–Crippen MR) is 88.1 cm³/mol. The Labute approximate surface area is 135 Å². The number of phenols is 2. The van der Waals surface area contributed by atoms with Gasteiger partial charge in [0, 0.05) is 12.8 Å². The Balaban J connectivity index is 1.70. The first-order chi connectivity index (χ1) is 11.1. The van der Waals surface area contributed by atoms with E-state index in [0.717, 1.165) is 11.1 Å². The van der Waals surface area contributed by atoms with Crippen molar-refractivity contribution in [1.82, 2.24) is 0 Å². The normalized spacial score (nSPS) is 24.8. The van der Waals surface area contributed by atoms with Gasteiger partial charge in [0.2, 0.25) is 0 Å². The Morgan fingerprint density at radius 2 is 1.48 bits per heavy atom. The molecule has 3 N–H and O–H groups in total. The second-order valence-electron chi connectivity index (χ2n) is 5.83. The molecule has 120 valence electrons. The van der Waals surface area contributed by atoms with Crippen molar-refractivity contribution < 1.29 is 20.1 Å². The minimum atomic E-state index is -0.419. The van der Waals surface area contributed by atoms with Crippen molar-refractivity contribution in [3.8, 4) is 11.5 Å². The first-order valence-electron chi connectivity index (χ1n) is 7.70. The molecule has 1 aliphatic rings. The number of hydrogen-bond acceptors (Lipinski definition) is 4. The third-order valence-electron chi connectivity index (χ3n) is 3.99. The molecule has 0 aromatic heterocycles. The molecule has 23 heavy (non-hydrogen) atoms. The maximum absolute atomic E-state index is 10.1. The van der Waals surface area contributed by atoms with E-state index in [1.165, 1.54) is 0 Å². The zero-order valence-corrected chi connectivity index (χ0v) is 12.7. The van der Waals surface area contributed by atoms with Gasteiger partial charge in [0.25, 0.3) is 0 Å². The van der Waals surface area contributed by atoms with E-state index in [1.54, 1.807) is 24.3 Å². The largest absolute Gasteiger partial charge is 0.508 e. The minimum Gasteiger partial charge on any atom is -0.508 e. The average molecular weight is 312 g/mol. The highest BCUT2D eigenvalue weighted by atomic mass is 16.5. The van der Waals surface area contributed by atoms with Gasteiger partial charge in [-0.05, 0) is 35.4 Å². The van der Waals surface area contributed by atoms with E-state index in [2.05, 4.69) is 0 Å². The lowest BCUT2D eigenvalue weighted by atomic mass is 9.95. The highest BCUT2D eigenvalue weighted by Crippen LogP contribution is 2.32. The van der Waals surface area contributed by atoms with Gasteiger partial charge < -0.3 is 20.1 Å². The van der Waals surface area contributed by atoms with Gasteiger partial charge in [-0.15, -0.1) is 0 Å². The standard InChI is InChI=1S/C19H20O4/c20-15-6-1-13(2-7-15)3-10-18-11-17(22)12-19(23-18)14-4-8-16(21)9-5-14/h1-10,17-22H,11-12H2/t17-,18-,19-/m1/s1. The number of aliphatic hydroxyl groups excluding tert-OH is 1. The zero-order chi connectivity index (χ0) is 16.2. The van der Waals surface area contributed by atoms with E-state index in [0.29, 0.717) is 12.8 Å². The summed E-state index contributed by atoms with van der Waals surface area (Å²) >= 11 is 0. The van der Waals surface area contributed by atoms with Crippen molar-refractivity contribution in [2.24, 2.45) is 0 Å². The summed E-state index contributed by atoms with van der Waals surface area (Å²) in [5, 5.41) is 28.8. The second-order valence-corrected chi connectivity index (χ2v) is 5.83. The molecule has 0 saturated carbocycles. The molecule has 0 amide bonds. The first-order valence-corrected chi connectivity index (χ1v) is 7.70. The van der Waals surface area contributed by atoms with Crippen molar-refractivity contribution in [2.75, 3.05) is 0 Å². The quantitative estimate of drug-likeness (QED) is 0.812. The monoisotopic (exact) mass is 312 g/mol. The lowest BCUT2D eigenvalue weighted by Crippen LogP contribution is -2.30. The number of aliphatic hydroxyl groups is 1.